The van der Waals surface area contributed by atoms with Gasteiger partial charge in [-0.15, -0.1) is 0 Å². The van der Waals surface area contributed by atoms with Gasteiger partial charge in [-0.2, -0.15) is 13.2 Å². The number of hydrogen-bond donors (Lipinski definition) is 0. The number of rotatable bonds is 2. The lowest BCUT2D eigenvalue weighted by atomic mass is 9.73. The second kappa shape index (κ2) is 4.77. The molecule has 2 rings (SSSR count). The van der Waals surface area contributed by atoms with Crippen LogP contribution in [0.2, 0.25) is 0 Å². The van der Waals surface area contributed by atoms with E-state index in [0.717, 1.165) is 45.3 Å². The predicted molar refractivity (Wildman–Crippen MR) is 58.3 cm³/mol. The van der Waals surface area contributed by atoms with Gasteiger partial charge in [-0.3, -0.25) is 0 Å². The van der Waals surface area contributed by atoms with Gasteiger partial charge in [0, 0.05) is 19.0 Å². The minimum atomic E-state index is -4.07. The third kappa shape index (κ3) is 2.86. The van der Waals surface area contributed by atoms with E-state index in [4.69, 9.17) is 4.74 Å². The molecule has 1 atom stereocenters. The SMILES string of the molecule is FC(F)(F)SC[C@H]1CCCC12CCOCC2. The van der Waals surface area contributed by atoms with Crippen molar-refractivity contribution < 1.29 is 17.9 Å². The van der Waals surface area contributed by atoms with Crippen LogP contribution in [-0.2, 0) is 4.74 Å². The Kier molecular flexibility index (Phi) is 3.74. The second-order valence-corrected chi connectivity index (χ2v) is 5.91. The largest absolute Gasteiger partial charge is 0.441 e. The van der Waals surface area contributed by atoms with Gasteiger partial charge in [0.25, 0.3) is 0 Å². The fraction of sp³-hybridized carbons (Fsp3) is 1.00. The average molecular weight is 254 g/mol. The van der Waals surface area contributed by atoms with Crippen LogP contribution in [0.4, 0.5) is 13.2 Å². The van der Waals surface area contributed by atoms with Gasteiger partial charge in [-0.05, 0) is 37.0 Å². The van der Waals surface area contributed by atoms with Crippen LogP contribution in [0.1, 0.15) is 32.1 Å². The van der Waals surface area contributed by atoms with Crippen molar-refractivity contribution in [2.45, 2.75) is 37.6 Å². The zero-order chi connectivity index (χ0) is 11.6. The Bertz CT molecular complexity index is 236. The monoisotopic (exact) mass is 254 g/mol. The molecule has 1 saturated carbocycles. The molecule has 5 heteroatoms. The van der Waals surface area contributed by atoms with Crippen LogP contribution in [0, 0.1) is 11.3 Å². The lowest BCUT2D eigenvalue weighted by molar-refractivity contribution is -0.0340. The van der Waals surface area contributed by atoms with Crippen LogP contribution in [0.3, 0.4) is 0 Å². The van der Waals surface area contributed by atoms with Crippen molar-refractivity contribution in [2.75, 3.05) is 19.0 Å². The van der Waals surface area contributed by atoms with E-state index in [1.165, 1.54) is 0 Å². The van der Waals surface area contributed by atoms with E-state index in [9.17, 15) is 13.2 Å². The van der Waals surface area contributed by atoms with Gasteiger partial charge in [0.05, 0.1) is 0 Å². The molecule has 1 heterocycles. The van der Waals surface area contributed by atoms with E-state index in [1.54, 1.807) is 0 Å². The molecule has 1 saturated heterocycles. The highest BCUT2D eigenvalue weighted by Crippen LogP contribution is 2.52. The van der Waals surface area contributed by atoms with Crippen molar-refractivity contribution in [2.24, 2.45) is 11.3 Å². The summed E-state index contributed by atoms with van der Waals surface area (Å²) in [5.74, 6) is 0.478. The van der Waals surface area contributed by atoms with Gasteiger partial charge in [-0.25, -0.2) is 0 Å². The molecule has 0 aromatic heterocycles. The summed E-state index contributed by atoms with van der Waals surface area (Å²) in [6.45, 7) is 1.46. The van der Waals surface area contributed by atoms with Crippen LogP contribution < -0.4 is 0 Å². The van der Waals surface area contributed by atoms with E-state index in [0.29, 0.717) is 0 Å². The molecule has 0 N–H and O–H groups in total. The van der Waals surface area contributed by atoms with E-state index in [2.05, 4.69) is 0 Å². The minimum absolute atomic E-state index is 0.158. The predicted octanol–water partition coefficient (Wildman–Crippen LogP) is 3.84. The maximum absolute atomic E-state index is 12.2. The number of ether oxygens (including phenoxy) is 1. The maximum atomic E-state index is 12.2. The fourth-order valence-corrected chi connectivity index (χ4v) is 4.01. The van der Waals surface area contributed by atoms with Crippen molar-refractivity contribution in [1.82, 2.24) is 0 Å². The molecule has 1 aliphatic heterocycles. The number of halogens is 3. The summed E-state index contributed by atoms with van der Waals surface area (Å²) in [7, 11) is 0. The standard InChI is InChI=1S/C11H17F3OS/c12-11(13,14)16-8-9-2-1-3-10(9)4-6-15-7-5-10/h9H,1-8H2/t9-/m1/s1. The van der Waals surface area contributed by atoms with E-state index in [1.807, 2.05) is 0 Å². The van der Waals surface area contributed by atoms with Crippen LogP contribution >= 0.6 is 11.8 Å². The molecular formula is C11H17F3OS. The number of thioether (sulfide) groups is 1. The molecular weight excluding hydrogens is 237 g/mol. The summed E-state index contributed by atoms with van der Waals surface area (Å²) in [5.41, 5.74) is -3.91. The molecule has 2 fully saturated rings. The second-order valence-electron chi connectivity index (χ2n) is 4.82. The summed E-state index contributed by atoms with van der Waals surface area (Å²) < 4.78 is 41.9. The molecule has 94 valence electrons. The van der Waals surface area contributed by atoms with Gasteiger partial charge < -0.3 is 4.74 Å². The summed E-state index contributed by atoms with van der Waals surface area (Å²) in [5, 5.41) is 0. The Morgan fingerprint density at radius 1 is 1.19 bits per heavy atom. The Morgan fingerprint density at radius 2 is 1.88 bits per heavy atom. The van der Waals surface area contributed by atoms with Crippen molar-refractivity contribution in [3.05, 3.63) is 0 Å². The molecule has 0 unspecified atom stereocenters. The maximum Gasteiger partial charge on any atom is 0.441 e. The third-order valence-electron chi connectivity index (χ3n) is 4.03. The normalized spacial score (nSPS) is 29.8. The smallest absolute Gasteiger partial charge is 0.381 e. The molecule has 0 aromatic carbocycles. The van der Waals surface area contributed by atoms with Gasteiger partial charge in [0.2, 0.25) is 0 Å². The van der Waals surface area contributed by atoms with Crippen LogP contribution in [0.25, 0.3) is 0 Å². The third-order valence-corrected chi connectivity index (χ3v) is 4.93. The average Bonchev–Trinajstić information content (AvgIpc) is 2.58. The first kappa shape index (κ1) is 12.6. The number of alkyl halides is 3. The van der Waals surface area contributed by atoms with E-state index < -0.39 is 5.51 Å². The Labute approximate surface area is 98.1 Å². The fourth-order valence-electron chi connectivity index (χ4n) is 3.10. The summed E-state index contributed by atoms with van der Waals surface area (Å²) in [6.07, 6.45) is 5.05. The Morgan fingerprint density at radius 3 is 2.50 bits per heavy atom. The molecule has 0 bridgehead atoms. The van der Waals surface area contributed by atoms with E-state index >= 15 is 0 Å². The first-order valence-electron chi connectivity index (χ1n) is 5.80. The summed E-state index contributed by atoms with van der Waals surface area (Å²) in [4.78, 5) is 0. The Hall–Kier alpha value is 0.1000. The lowest BCUT2D eigenvalue weighted by Gasteiger charge is -2.39. The molecule has 2 aliphatic rings. The molecule has 1 nitrogen and oxygen atoms in total. The van der Waals surface area contributed by atoms with Crippen LogP contribution in [-0.4, -0.2) is 24.5 Å². The van der Waals surface area contributed by atoms with Crippen LogP contribution in [0.15, 0.2) is 0 Å². The van der Waals surface area contributed by atoms with Gasteiger partial charge in [-0.1, -0.05) is 18.2 Å². The molecule has 16 heavy (non-hydrogen) atoms. The topological polar surface area (TPSA) is 9.23 Å². The molecule has 1 spiro atoms. The van der Waals surface area contributed by atoms with E-state index in [-0.39, 0.29) is 28.8 Å². The van der Waals surface area contributed by atoms with Gasteiger partial charge in [0.15, 0.2) is 0 Å². The highest BCUT2D eigenvalue weighted by Gasteiger charge is 2.44. The lowest BCUT2D eigenvalue weighted by Crippen LogP contribution is -2.34. The first-order valence-corrected chi connectivity index (χ1v) is 6.79. The molecule has 0 amide bonds. The first-order chi connectivity index (χ1) is 7.52. The highest BCUT2D eigenvalue weighted by molar-refractivity contribution is 8.00. The van der Waals surface area contributed by atoms with Crippen LogP contribution in [0.5, 0.6) is 0 Å². The molecule has 1 aliphatic carbocycles. The molecule has 0 aromatic rings. The molecule has 0 radical (unpaired) electrons. The van der Waals surface area contributed by atoms with Crippen molar-refractivity contribution >= 4 is 11.8 Å². The quantitative estimate of drug-likeness (QED) is 0.740. The zero-order valence-corrected chi connectivity index (χ0v) is 10.0. The van der Waals surface area contributed by atoms with Crippen molar-refractivity contribution in [3.8, 4) is 0 Å². The van der Waals surface area contributed by atoms with Gasteiger partial charge >= 0.3 is 5.51 Å². The number of hydrogen-bond acceptors (Lipinski definition) is 2. The summed E-state index contributed by atoms with van der Waals surface area (Å²) >= 11 is 0.158. The van der Waals surface area contributed by atoms with Crippen molar-refractivity contribution in [3.63, 3.8) is 0 Å². The van der Waals surface area contributed by atoms with Crippen molar-refractivity contribution in [1.29, 1.82) is 0 Å². The zero-order valence-electron chi connectivity index (χ0n) is 9.18. The van der Waals surface area contributed by atoms with Gasteiger partial charge in [0.1, 0.15) is 0 Å². The Balaban J connectivity index is 1.92. The minimum Gasteiger partial charge on any atom is -0.381 e. The summed E-state index contributed by atoms with van der Waals surface area (Å²) in [6, 6.07) is 0. The highest BCUT2D eigenvalue weighted by atomic mass is 32.2.